The second-order valence-corrected chi connectivity index (χ2v) is 11.0. The van der Waals surface area contributed by atoms with Crippen molar-refractivity contribution in [3.05, 3.63) is 48.0 Å². The van der Waals surface area contributed by atoms with E-state index in [2.05, 4.69) is 4.90 Å². The van der Waals surface area contributed by atoms with E-state index < -0.39 is 16.1 Å². The summed E-state index contributed by atoms with van der Waals surface area (Å²) in [6.45, 7) is 6.91. The quantitative estimate of drug-likeness (QED) is 0.546. The Morgan fingerprint density at radius 3 is 2.36 bits per heavy atom. The topological polar surface area (TPSA) is 97.9 Å². The molecule has 1 amide bonds. The standard InChI is InChI=1S/C25H31N3O7S/c1-19(25(29)27-12-14-32-15-13-27)35-21-3-5-22(6-4-21)36(30,31)28-10-8-26(9-11-28)17-20-2-7-23-24(16-20)34-18-33-23/h2-7,16,19H,8-15,17-18H2,1H3/t19-/m0/s1. The Bertz CT molecular complexity index is 1170. The number of fused-ring (bicyclic) bond motifs is 1. The lowest BCUT2D eigenvalue weighted by molar-refractivity contribution is -0.142. The smallest absolute Gasteiger partial charge is 0.263 e. The molecule has 2 aromatic carbocycles. The number of sulfonamides is 1. The van der Waals surface area contributed by atoms with Gasteiger partial charge in [0.05, 0.1) is 18.1 Å². The minimum absolute atomic E-state index is 0.103. The van der Waals surface area contributed by atoms with Crippen LogP contribution in [0.15, 0.2) is 47.4 Å². The van der Waals surface area contributed by atoms with E-state index >= 15 is 0 Å². The maximum atomic E-state index is 13.2. The summed E-state index contributed by atoms with van der Waals surface area (Å²) in [6.07, 6.45) is -0.664. The van der Waals surface area contributed by atoms with Crippen molar-refractivity contribution in [2.45, 2.75) is 24.5 Å². The SMILES string of the molecule is C[C@H](Oc1ccc(S(=O)(=O)N2CCN(Cc3ccc4c(c3)OCO4)CC2)cc1)C(=O)N1CCOCC1. The van der Waals surface area contributed by atoms with Crippen LogP contribution < -0.4 is 14.2 Å². The molecule has 2 fully saturated rings. The molecule has 0 N–H and O–H groups in total. The first-order chi connectivity index (χ1) is 17.4. The van der Waals surface area contributed by atoms with Gasteiger partial charge in [-0.25, -0.2) is 8.42 Å². The summed E-state index contributed by atoms with van der Waals surface area (Å²) in [5.74, 6) is 1.86. The predicted molar refractivity (Wildman–Crippen MR) is 131 cm³/mol. The molecule has 0 bridgehead atoms. The third-order valence-corrected chi connectivity index (χ3v) is 8.53. The molecular weight excluding hydrogens is 486 g/mol. The van der Waals surface area contributed by atoms with E-state index in [0.29, 0.717) is 58.2 Å². The summed E-state index contributed by atoms with van der Waals surface area (Å²) in [5.41, 5.74) is 1.10. The van der Waals surface area contributed by atoms with Gasteiger partial charge in [0.2, 0.25) is 16.8 Å². The van der Waals surface area contributed by atoms with Gasteiger partial charge in [0, 0.05) is 45.8 Å². The van der Waals surface area contributed by atoms with E-state index in [1.807, 2.05) is 18.2 Å². The number of benzene rings is 2. The zero-order valence-electron chi connectivity index (χ0n) is 20.3. The normalized spacial score (nSPS) is 19.8. The Labute approximate surface area is 211 Å². The molecule has 36 heavy (non-hydrogen) atoms. The van der Waals surface area contributed by atoms with Crippen molar-refractivity contribution in [1.29, 1.82) is 0 Å². The Morgan fingerprint density at radius 2 is 1.64 bits per heavy atom. The van der Waals surface area contributed by atoms with Gasteiger partial charge >= 0.3 is 0 Å². The monoisotopic (exact) mass is 517 g/mol. The maximum absolute atomic E-state index is 13.2. The van der Waals surface area contributed by atoms with Gasteiger partial charge in [-0.2, -0.15) is 4.31 Å². The molecule has 10 nitrogen and oxygen atoms in total. The van der Waals surface area contributed by atoms with Crippen molar-refractivity contribution in [3.8, 4) is 17.2 Å². The van der Waals surface area contributed by atoms with Crippen LogP contribution in [-0.2, 0) is 26.1 Å². The minimum atomic E-state index is -3.62. The predicted octanol–water partition coefficient (Wildman–Crippen LogP) is 1.55. The fourth-order valence-corrected chi connectivity index (χ4v) is 5.98. The van der Waals surface area contributed by atoms with Gasteiger partial charge in [0.1, 0.15) is 5.75 Å². The average molecular weight is 518 g/mol. The number of carbonyl (C=O) groups excluding carboxylic acids is 1. The van der Waals surface area contributed by atoms with E-state index in [4.69, 9.17) is 18.9 Å². The molecule has 0 radical (unpaired) electrons. The second-order valence-electron chi connectivity index (χ2n) is 9.04. The van der Waals surface area contributed by atoms with Crippen molar-refractivity contribution >= 4 is 15.9 Å². The van der Waals surface area contributed by atoms with Crippen molar-refractivity contribution in [2.75, 3.05) is 59.3 Å². The molecular formula is C25H31N3O7S. The number of piperazine rings is 1. The Hall–Kier alpha value is -2.86. The van der Waals surface area contributed by atoms with Crippen LogP contribution in [0.5, 0.6) is 17.2 Å². The average Bonchev–Trinajstić information content (AvgIpc) is 3.37. The molecule has 194 valence electrons. The third-order valence-electron chi connectivity index (χ3n) is 6.62. The number of hydrogen-bond donors (Lipinski definition) is 0. The van der Waals surface area contributed by atoms with E-state index in [1.165, 1.54) is 16.4 Å². The van der Waals surface area contributed by atoms with E-state index in [-0.39, 0.29) is 17.6 Å². The first-order valence-corrected chi connectivity index (χ1v) is 13.6. The summed E-state index contributed by atoms with van der Waals surface area (Å²) in [6, 6.07) is 12.2. The highest BCUT2D eigenvalue weighted by molar-refractivity contribution is 7.89. The molecule has 3 heterocycles. The van der Waals surface area contributed by atoms with Crippen LogP contribution in [0.1, 0.15) is 12.5 Å². The highest BCUT2D eigenvalue weighted by Gasteiger charge is 2.29. The van der Waals surface area contributed by atoms with Crippen molar-refractivity contribution in [2.24, 2.45) is 0 Å². The Balaban J connectivity index is 1.14. The largest absolute Gasteiger partial charge is 0.481 e. The number of ether oxygens (including phenoxy) is 4. The van der Waals surface area contributed by atoms with Crippen LogP contribution >= 0.6 is 0 Å². The molecule has 2 aromatic rings. The number of carbonyl (C=O) groups is 1. The lowest BCUT2D eigenvalue weighted by Gasteiger charge is -2.34. The van der Waals surface area contributed by atoms with Gasteiger partial charge in [0.15, 0.2) is 17.6 Å². The molecule has 3 aliphatic rings. The summed E-state index contributed by atoms with van der Waals surface area (Å²) < 4.78 is 49.8. The fourth-order valence-electron chi connectivity index (χ4n) is 4.56. The molecule has 11 heteroatoms. The number of hydrogen-bond acceptors (Lipinski definition) is 8. The van der Waals surface area contributed by atoms with E-state index in [1.54, 1.807) is 24.0 Å². The van der Waals surface area contributed by atoms with Gasteiger partial charge in [-0.3, -0.25) is 9.69 Å². The Morgan fingerprint density at radius 1 is 0.944 bits per heavy atom. The van der Waals surface area contributed by atoms with Crippen LogP contribution in [0, 0.1) is 0 Å². The summed E-state index contributed by atoms with van der Waals surface area (Å²) in [5, 5.41) is 0. The summed E-state index contributed by atoms with van der Waals surface area (Å²) in [7, 11) is -3.62. The molecule has 3 aliphatic heterocycles. The molecule has 5 rings (SSSR count). The zero-order chi connectivity index (χ0) is 25.1. The lowest BCUT2D eigenvalue weighted by atomic mass is 10.2. The fraction of sp³-hybridized carbons (Fsp3) is 0.480. The van der Waals surface area contributed by atoms with Crippen LogP contribution in [0.4, 0.5) is 0 Å². The zero-order valence-corrected chi connectivity index (χ0v) is 21.1. The van der Waals surface area contributed by atoms with Gasteiger partial charge in [-0.15, -0.1) is 0 Å². The number of rotatable bonds is 7. The van der Waals surface area contributed by atoms with Crippen LogP contribution in [0.25, 0.3) is 0 Å². The molecule has 2 saturated heterocycles. The number of nitrogens with zero attached hydrogens (tertiary/aromatic N) is 3. The number of morpholine rings is 1. The lowest BCUT2D eigenvalue weighted by Crippen LogP contribution is -2.48. The van der Waals surface area contributed by atoms with Gasteiger partial charge in [0.25, 0.3) is 5.91 Å². The molecule has 0 saturated carbocycles. The molecule has 0 spiro atoms. The molecule has 0 aromatic heterocycles. The van der Waals surface area contributed by atoms with E-state index in [0.717, 1.165) is 23.6 Å². The third kappa shape index (κ3) is 5.44. The summed E-state index contributed by atoms with van der Waals surface area (Å²) in [4.78, 5) is 16.7. The van der Waals surface area contributed by atoms with Crippen LogP contribution in [-0.4, -0.2) is 93.8 Å². The molecule has 1 atom stereocenters. The van der Waals surface area contributed by atoms with Crippen LogP contribution in [0.3, 0.4) is 0 Å². The van der Waals surface area contributed by atoms with Crippen molar-refractivity contribution in [1.82, 2.24) is 14.1 Å². The van der Waals surface area contributed by atoms with E-state index in [9.17, 15) is 13.2 Å². The van der Waals surface area contributed by atoms with Gasteiger partial charge < -0.3 is 23.8 Å². The van der Waals surface area contributed by atoms with Crippen molar-refractivity contribution in [3.63, 3.8) is 0 Å². The minimum Gasteiger partial charge on any atom is -0.481 e. The highest BCUT2D eigenvalue weighted by atomic mass is 32.2. The first kappa shape index (κ1) is 24.8. The van der Waals surface area contributed by atoms with Gasteiger partial charge in [-0.1, -0.05) is 6.07 Å². The first-order valence-electron chi connectivity index (χ1n) is 12.1. The van der Waals surface area contributed by atoms with Crippen LogP contribution in [0.2, 0.25) is 0 Å². The van der Waals surface area contributed by atoms with Gasteiger partial charge in [-0.05, 0) is 48.9 Å². The highest BCUT2D eigenvalue weighted by Crippen LogP contribution is 2.33. The maximum Gasteiger partial charge on any atom is 0.263 e. The van der Waals surface area contributed by atoms with Crippen molar-refractivity contribution < 1.29 is 32.2 Å². The second kappa shape index (κ2) is 10.6. The summed E-state index contributed by atoms with van der Waals surface area (Å²) >= 11 is 0. The Kier molecular flexibility index (Phi) is 7.33. The molecule has 0 aliphatic carbocycles. The number of amides is 1. The molecule has 0 unspecified atom stereocenters.